The Balaban J connectivity index is 1.37. The number of esters is 1. The van der Waals surface area contributed by atoms with Crippen LogP contribution in [0.5, 0.6) is 0 Å². The van der Waals surface area contributed by atoms with Crippen molar-refractivity contribution in [3.63, 3.8) is 0 Å². The predicted molar refractivity (Wildman–Crippen MR) is 149 cm³/mol. The Morgan fingerprint density at radius 1 is 1.08 bits per heavy atom. The van der Waals surface area contributed by atoms with Gasteiger partial charge < -0.3 is 15.8 Å². The molecule has 1 heterocycles. The highest BCUT2D eigenvalue weighted by molar-refractivity contribution is 8.00. The van der Waals surface area contributed by atoms with Gasteiger partial charge in [-0.3, -0.25) is 4.79 Å². The average Bonchev–Trinajstić information content (AvgIpc) is 3.40. The molecular weight excluding hydrogens is 522 g/mol. The molecule has 0 aromatic heterocycles. The number of benzene rings is 3. The Bertz CT molecular complexity index is 1250. The van der Waals surface area contributed by atoms with Crippen molar-refractivity contribution in [2.45, 2.75) is 44.0 Å². The summed E-state index contributed by atoms with van der Waals surface area (Å²) in [6.45, 7) is 2.92. The summed E-state index contributed by atoms with van der Waals surface area (Å²) in [5.41, 5.74) is 12.3. The molecule has 0 bridgehead atoms. The molecule has 0 spiro atoms. The number of ether oxygens (including phenoxy) is 1. The molecule has 4 N–H and O–H groups in total. The molecule has 3 aromatic carbocycles. The number of nitrogens with one attached hydrogen (secondary N) is 2. The van der Waals surface area contributed by atoms with E-state index in [1.54, 1.807) is 5.01 Å². The van der Waals surface area contributed by atoms with Crippen LogP contribution in [-0.4, -0.2) is 35.9 Å². The minimum absolute atomic E-state index is 0.00502. The fourth-order valence-electron chi connectivity index (χ4n) is 4.18. The number of nitrogens with two attached hydrogens (primary N) is 1. The molecular formula is C28H32F2N6O2S. The predicted octanol–water partition coefficient (Wildman–Crippen LogP) is 4.51. The number of anilines is 1. The number of thioether (sulfide) groups is 1. The van der Waals surface area contributed by atoms with E-state index < -0.39 is 35.2 Å². The van der Waals surface area contributed by atoms with E-state index in [9.17, 15) is 13.6 Å². The molecule has 0 saturated heterocycles. The van der Waals surface area contributed by atoms with E-state index in [0.717, 1.165) is 23.7 Å². The average molecular weight is 555 g/mol. The number of hydrazine groups is 1. The van der Waals surface area contributed by atoms with Crippen molar-refractivity contribution >= 4 is 23.4 Å². The molecule has 3 atom stereocenters. The third kappa shape index (κ3) is 8.47. The normalized spacial score (nSPS) is 16.1. The Kier molecular flexibility index (Phi) is 10.2. The maximum atomic E-state index is 13.7. The van der Waals surface area contributed by atoms with Crippen LogP contribution < -0.4 is 21.6 Å². The lowest BCUT2D eigenvalue weighted by Gasteiger charge is -2.26. The van der Waals surface area contributed by atoms with Crippen LogP contribution in [0.1, 0.15) is 23.6 Å². The van der Waals surface area contributed by atoms with Crippen LogP contribution in [0.25, 0.3) is 0 Å². The van der Waals surface area contributed by atoms with Gasteiger partial charge in [0.1, 0.15) is 17.7 Å². The second-order valence-corrected chi connectivity index (χ2v) is 10.2. The van der Waals surface area contributed by atoms with Gasteiger partial charge >= 0.3 is 5.97 Å². The minimum atomic E-state index is -0.729. The molecule has 3 aromatic rings. The van der Waals surface area contributed by atoms with Crippen molar-refractivity contribution in [3.05, 3.63) is 101 Å². The molecule has 11 heteroatoms. The molecule has 206 valence electrons. The quantitative estimate of drug-likeness (QED) is 0.267. The van der Waals surface area contributed by atoms with Crippen LogP contribution in [0.3, 0.4) is 0 Å². The molecule has 1 unspecified atom stereocenters. The first-order valence-corrected chi connectivity index (χ1v) is 13.8. The molecule has 0 radical (unpaired) electrons. The molecule has 0 amide bonds. The van der Waals surface area contributed by atoms with E-state index in [1.165, 1.54) is 29.5 Å². The van der Waals surface area contributed by atoms with Crippen LogP contribution in [0.2, 0.25) is 0 Å². The van der Waals surface area contributed by atoms with E-state index in [1.807, 2.05) is 42.5 Å². The van der Waals surface area contributed by atoms with Crippen LogP contribution >= 0.6 is 11.8 Å². The van der Waals surface area contributed by atoms with Crippen molar-refractivity contribution in [1.29, 1.82) is 0 Å². The number of nitrogens with zero attached hydrogens (tertiary/aromatic N) is 3. The maximum Gasteiger partial charge on any atom is 0.316 e. The van der Waals surface area contributed by atoms with Gasteiger partial charge in [0.25, 0.3) is 0 Å². The second kappa shape index (κ2) is 14.0. The van der Waals surface area contributed by atoms with E-state index in [4.69, 9.17) is 10.5 Å². The fraction of sp³-hybridized carbons (Fsp3) is 0.321. The lowest BCUT2D eigenvalue weighted by Crippen LogP contribution is -2.46. The molecule has 4 rings (SSSR count). The number of rotatable bonds is 13. The number of hydrogen-bond acceptors (Lipinski definition) is 9. The van der Waals surface area contributed by atoms with E-state index in [-0.39, 0.29) is 18.7 Å². The summed E-state index contributed by atoms with van der Waals surface area (Å²) in [6, 6.07) is 20.3. The maximum absolute atomic E-state index is 13.7. The summed E-state index contributed by atoms with van der Waals surface area (Å²) in [5.74, 6) is -1.84. The standard InChI is InChI=1S/C28H32F2N6O2S/c1-2-19-7-6-8-20(11-19)16-32-17-26(25(31)14-21-12-22(29)15-23(30)13-21)38-27(37)18-39-28-33-34-35-36(28)24-9-4-3-5-10-24/h3-13,15,25-26,28,32H,2,14,16-18,31H2,1H3,(H,33,35)/t25-,26+,28?/m0/s1. The molecule has 39 heavy (non-hydrogen) atoms. The zero-order chi connectivity index (χ0) is 27.6. The number of halogens is 2. The van der Waals surface area contributed by atoms with Gasteiger partial charge in [0.05, 0.1) is 11.4 Å². The lowest BCUT2D eigenvalue weighted by atomic mass is 10.0. The Morgan fingerprint density at radius 2 is 1.82 bits per heavy atom. The summed E-state index contributed by atoms with van der Waals surface area (Å²) in [5, 5.41) is 13.1. The van der Waals surface area contributed by atoms with Gasteiger partial charge in [0.15, 0.2) is 0 Å². The van der Waals surface area contributed by atoms with Crippen LogP contribution in [-0.2, 0) is 28.9 Å². The molecule has 0 saturated carbocycles. The smallest absolute Gasteiger partial charge is 0.316 e. The van der Waals surface area contributed by atoms with Crippen molar-refractivity contribution in [2.24, 2.45) is 16.1 Å². The summed E-state index contributed by atoms with van der Waals surface area (Å²) in [7, 11) is 0. The topological polar surface area (TPSA) is 104 Å². The molecule has 1 aliphatic rings. The van der Waals surface area contributed by atoms with Crippen LogP contribution in [0.4, 0.5) is 14.5 Å². The number of hydrogen-bond donors (Lipinski definition) is 3. The third-order valence-corrected chi connectivity index (χ3v) is 7.15. The van der Waals surface area contributed by atoms with Crippen molar-refractivity contribution in [1.82, 2.24) is 10.9 Å². The third-order valence-electron chi connectivity index (χ3n) is 6.14. The first kappa shape index (κ1) is 28.5. The van der Waals surface area contributed by atoms with E-state index in [2.05, 4.69) is 40.2 Å². The van der Waals surface area contributed by atoms with Gasteiger partial charge in [-0.25, -0.2) is 13.8 Å². The van der Waals surface area contributed by atoms with Crippen LogP contribution in [0, 0.1) is 11.6 Å². The Labute approximate surface area is 231 Å². The van der Waals surface area contributed by atoms with Gasteiger partial charge in [0, 0.05) is 25.2 Å². The highest BCUT2D eigenvalue weighted by atomic mass is 32.2. The number of carbonyl (C=O) groups is 1. The van der Waals surface area contributed by atoms with E-state index >= 15 is 0 Å². The number of aryl methyl sites for hydroxylation is 1. The van der Waals surface area contributed by atoms with Gasteiger partial charge in [0.2, 0.25) is 5.50 Å². The van der Waals surface area contributed by atoms with Crippen molar-refractivity contribution < 1.29 is 18.3 Å². The number of carbonyl (C=O) groups excluding carboxylic acids is 1. The molecule has 0 aliphatic carbocycles. The van der Waals surface area contributed by atoms with Crippen molar-refractivity contribution in [2.75, 3.05) is 17.3 Å². The summed E-state index contributed by atoms with van der Waals surface area (Å²) in [6.07, 6.45) is 0.334. The minimum Gasteiger partial charge on any atom is -0.459 e. The molecule has 8 nitrogen and oxygen atoms in total. The van der Waals surface area contributed by atoms with Gasteiger partial charge in [-0.2, -0.15) is 5.53 Å². The SMILES string of the molecule is CCc1cccc(CNC[C@@H](OC(=O)CSC2N=NNN2c2ccccc2)[C@@H](N)Cc2cc(F)cc(F)c2)c1. The van der Waals surface area contributed by atoms with Crippen molar-refractivity contribution in [3.8, 4) is 0 Å². The van der Waals surface area contributed by atoms with Gasteiger partial charge in [-0.1, -0.05) is 66.4 Å². The summed E-state index contributed by atoms with van der Waals surface area (Å²) >= 11 is 1.25. The van der Waals surface area contributed by atoms with Crippen LogP contribution in [0.15, 0.2) is 83.1 Å². The zero-order valence-electron chi connectivity index (χ0n) is 21.6. The molecule has 1 aliphatic heterocycles. The fourth-order valence-corrected chi connectivity index (χ4v) is 4.97. The van der Waals surface area contributed by atoms with Gasteiger partial charge in [-0.15, -0.1) is 5.11 Å². The Morgan fingerprint density at radius 3 is 2.56 bits per heavy atom. The summed E-state index contributed by atoms with van der Waals surface area (Å²) < 4.78 is 33.3. The zero-order valence-corrected chi connectivity index (χ0v) is 22.4. The monoisotopic (exact) mass is 554 g/mol. The number of para-hydroxylation sites is 1. The van der Waals surface area contributed by atoms with E-state index in [0.29, 0.717) is 12.1 Å². The highest BCUT2D eigenvalue weighted by Gasteiger charge is 2.27. The van der Waals surface area contributed by atoms with Gasteiger partial charge in [-0.05, 0) is 53.8 Å². The first-order chi connectivity index (χ1) is 18.9. The summed E-state index contributed by atoms with van der Waals surface area (Å²) in [4.78, 5) is 12.9. The highest BCUT2D eigenvalue weighted by Crippen LogP contribution is 2.26. The second-order valence-electron chi connectivity index (χ2n) is 9.14. The Hall–Kier alpha value is -3.54. The molecule has 0 fully saturated rings. The first-order valence-electron chi connectivity index (χ1n) is 12.7. The lowest BCUT2D eigenvalue weighted by molar-refractivity contribution is -0.146. The largest absolute Gasteiger partial charge is 0.459 e.